The molecule has 0 aliphatic heterocycles. The number of carbonyl (C=O) groups excluding carboxylic acids is 1. The molecule has 0 aliphatic rings. The second-order valence-corrected chi connectivity index (χ2v) is 6.92. The minimum atomic E-state index is -0.142. The fourth-order valence-electron chi connectivity index (χ4n) is 3.40. The van der Waals surface area contributed by atoms with Gasteiger partial charge in [0.1, 0.15) is 17.3 Å². The van der Waals surface area contributed by atoms with Crippen molar-refractivity contribution in [3.8, 4) is 33.9 Å². The van der Waals surface area contributed by atoms with E-state index in [4.69, 9.17) is 13.9 Å². The van der Waals surface area contributed by atoms with Gasteiger partial charge in [0.25, 0.3) is 0 Å². The summed E-state index contributed by atoms with van der Waals surface area (Å²) in [7, 11) is 3.15. The lowest BCUT2D eigenvalue weighted by molar-refractivity contribution is 0.104. The van der Waals surface area contributed by atoms with Gasteiger partial charge in [0.05, 0.1) is 26.0 Å². The van der Waals surface area contributed by atoms with Crippen LogP contribution in [0.5, 0.6) is 11.5 Å². The van der Waals surface area contributed by atoms with Gasteiger partial charge in [-0.25, -0.2) is 0 Å². The number of carbonyl (C=O) groups is 1. The molecule has 4 aromatic rings. The van der Waals surface area contributed by atoms with Crippen LogP contribution in [0.4, 0.5) is 0 Å². The van der Waals surface area contributed by atoms with Crippen LogP contribution < -0.4 is 9.47 Å². The van der Waals surface area contributed by atoms with E-state index in [1.165, 1.54) is 0 Å². The normalized spacial score (nSPS) is 10.9. The molecule has 1 heterocycles. The average Bonchev–Trinajstić information content (AvgIpc) is 3.37. The highest BCUT2D eigenvalue weighted by atomic mass is 16.5. The molecule has 0 radical (unpaired) electrons. The lowest BCUT2D eigenvalue weighted by atomic mass is 9.97. The second kappa shape index (κ2) is 9.18. The Morgan fingerprint density at radius 1 is 0.806 bits per heavy atom. The topological polar surface area (TPSA) is 48.7 Å². The summed E-state index contributed by atoms with van der Waals surface area (Å²) >= 11 is 0. The fourth-order valence-corrected chi connectivity index (χ4v) is 3.40. The highest BCUT2D eigenvalue weighted by molar-refractivity contribution is 6.09. The third-order valence-corrected chi connectivity index (χ3v) is 5.02. The minimum absolute atomic E-state index is 0.142. The molecule has 4 heteroatoms. The number of allylic oxidation sites excluding steroid dienone is 1. The van der Waals surface area contributed by atoms with E-state index in [-0.39, 0.29) is 5.78 Å². The first-order chi connectivity index (χ1) is 15.2. The maximum absolute atomic E-state index is 13.0. The van der Waals surface area contributed by atoms with Crippen molar-refractivity contribution in [1.82, 2.24) is 0 Å². The summed E-state index contributed by atoms with van der Waals surface area (Å²) in [5.41, 5.74) is 4.14. The van der Waals surface area contributed by atoms with Crippen LogP contribution in [0, 0.1) is 0 Å². The molecule has 0 spiro atoms. The molecule has 154 valence electrons. The molecule has 0 aliphatic carbocycles. The van der Waals surface area contributed by atoms with Crippen molar-refractivity contribution < 1.29 is 18.7 Å². The van der Waals surface area contributed by atoms with E-state index < -0.39 is 0 Å². The Labute approximate surface area is 181 Å². The summed E-state index contributed by atoms with van der Waals surface area (Å²) < 4.78 is 16.5. The molecule has 0 fully saturated rings. The molecule has 3 aromatic carbocycles. The monoisotopic (exact) mass is 410 g/mol. The zero-order chi connectivity index (χ0) is 21.6. The standard InChI is InChI=1S/C27H22O4/c1-29-26-18-27(30-2)23(24(28)15-10-19-7-4-3-5-8-19)17-22(26)20-11-13-21(14-12-20)25-9-6-16-31-25/h3-18H,1-2H3/b15-10+. The summed E-state index contributed by atoms with van der Waals surface area (Å²) in [6, 6.07) is 25.0. The van der Waals surface area contributed by atoms with Crippen molar-refractivity contribution in [2.75, 3.05) is 14.2 Å². The van der Waals surface area contributed by atoms with E-state index in [2.05, 4.69) is 0 Å². The highest BCUT2D eigenvalue weighted by Crippen LogP contribution is 2.37. The third-order valence-electron chi connectivity index (χ3n) is 5.02. The van der Waals surface area contributed by atoms with Crippen molar-refractivity contribution in [3.63, 3.8) is 0 Å². The van der Waals surface area contributed by atoms with E-state index >= 15 is 0 Å². The van der Waals surface area contributed by atoms with Gasteiger partial charge in [0, 0.05) is 17.2 Å². The average molecular weight is 410 g/mol. The Morgan fingerprint density at radius 3 is 2.16 bits per heavy atom. The number of hydrogen-bond acceptors (Lipinski definition) is 4. The summed E-state index contributed by atoms with van der Waals surface area (Å²) in [5, 5.41) is 0. The maximum atomic E-state index is 13.0. The summed E-state index contributed by atoms with van der Waals surface area (Å²) in [6.45, 7) is 0. The Kier molecular flexibility index (Phi) is 5.99. The first-order valence-corrected chi connectivity index (χ1v) is 9.87. The van der Waals surface area contributed by atoms with Crippen LogP contribution in [0.3, 0.4) is 0 Å². The molecule has 4 rings (SSSR count). The van der Waals surface area contributed by atoms with Gasteiger partial charge in [0.15, 0.2) is 5.78 Å². The van der Waals surface area contributed by atoms with Crippen molar-refractivity contribution in [3.05, 3.63) is 102 Å². The smallest absolute Gasteiger partial charge is 0.189 e. The van der Waals surface area contributed by atoms with Crippen LogP contribution in [0.2, 0.25) is 0 Å². The quantitative estimate of drug-likeness (QED) is 0.257. The van der Waals surface area contributed by atoms with Gasteiger partial charge in [-0.1, -0.05) is 60.7 Å². The van der Waals surface area contributed by atoms with E-state index in [0.717, 1.165) is 28.0 Å². The van der Waals surface area contributed by atoms with Gasteiger partial charge in [-0.3, -0.25) is 4.79 Å². The molecule has 0 bridgehead atoms. The van der Waals surface area contributed by atoms with Crippen LogP contribution in [0.15, 0.2) is 95.6 Å². The van der Waals surface area contributed by atoms with Crippen LogP contribution in [0.25, 0.3) is 28.5 Å². The van der Waals surface area contributed by atoms with Crippen molar-refractivity contribution in [2.24, 2.45) is 0 Å². The predicted octanol–water partition coefficient (Wildman–Crippen LogP) is 6.53. The van der Waals surface area contributed by atoms with Gasteiger partial charge in [-0.05, 0) is 35.4 Å². The molecule has 0 saturated carbocycles. The van der Waals surface area contributed by atoms with Gasteiger partial charge < -0.3 is 13.9 Å². The molecule has 0 atom stereocenters. The van der Waals surface area contributed by atoms with Crippen LogP contribution in [0.1, 0.15) is 15.9 Å². The van der Waals surface area contributed by atoms with Gasteiger partial charge in [0.2, 0.25) is 0 Å². The van der Waals surface area contributed by atoms with Gasteiger partial charge in [-0.2, -0.15) is 0 Å². The number of methoxy groups -OCH3 is 2. The molecule has 0 saturated heterocycles. The Hall–Kier alpha value is -4.05. The maximum Gasteiger partial charge on any atom is 0.189 e. The van der Waals surface area contributed by atoms with Gasteiger partial charge >= 0.3 is 0 Å². The van der Waals surface area contributed by atoms with E-state index in [0.29, 0.717) is 17.1 Å². The zero-order valence-corrected chi connectivity index (χ0v) is 17.4. The Bertz CT molecular complexity index is 1190. The first kappa shape index (κ1) is 20.2. The fraction of sp³-hybridized carbons (Fsp3) is 0.0741. The van der Waals surface area contributed by atoms with Crippen molar-refractivity contribution >= 4 is 11.9 Å². The summed E-state index contributed by atoms with van der Waals surface area (Å²) in [4.78, 5) is 13.0. The molecular weight excluding hydrogens is 388 g/mol. The predicted molar refractivity (Wildman–Crippen MR) is 122 cm³/mol. The molecule has 0 unspecified atom stereocenters. The number of benzene rings is 3. The molecule has 0 amide bonds. The second-order valence-electron chi connectivity index (χ2n) is 6.92. The van der Waals surface area contributed by atoms with Gasteiger partial charge in [-0.15, -0.1) is 0 Å². The highest BCUT2D eigenvalue weighted by Gasteiger charge is 2.17. The largest absolute Gasteiger partial charge is 0.496 e. The molecule has 31 heavy (non-hydrogen) atoms. The van der Waals surface area contributed by atoms with E-state index in [1.807, 2.05) is 72.8 Å². The summed E-state index contributed by atoms with van der Waals surface area (Å²) in [6.07, 6.45) is 5.00. The Balaban J connectivity index is 1.71. The van der Waals surface area contributed by atoms with Crippen LogP contribution >= 0.6 is 0 Å². The van der Waals surface area contributed by atoms with Crippen molar-refractivity contribution in [1.29, 1.82) is 0 Å². The van der Waals surface area contributed by atoms with Crippen LogP contribution in [-0.4, -0.2) is 20.0 Å². The first-order valence-electron chi connectivity index (χ1n) is 9.87. The molecule has 1 aromatic heterocycles. The molecule has 0 N–H and O–H groups in total. The van der Waals surface area contributed by atoms with E-state index in [1.54, 1.807) is 38.7 Å². The van der Waals surface area contributed by atoms with E-state index in [9.17, 15) is 4.79 Å². The number of ketones is 1. The number of ether oxygens (including phenoxy) is 2. The third kappa shape index (κ3) is 4.43. The SMILES string of the molecule is COc1cc(OC)c(-c2ccc(-c3ccco3)cc2)cc1C(=O)/C=C/c1ccccc1. The van der Waals surface area contributed by atoms with Crippen molar-refractivity contribution in [2.45, 2.75) is 0 Å². The summed E-state index contributed by atoms with van der Waals surface area (Å²) in [5.74, 6) is 1.76. The lowest BCUT2D eigenvalue weighted by Gasteiger charge is -2.14. The Morgan fingerprint density at radius 2 is 1.52 bits per heavy atom. The lowest BCUT2D eigenvalue weighted by Crippen LogP contribution is -2.01. The molecule has 4 nitrogen and oxygen atoms in total. The number of furan rings is 1. The molecular formula is C27H22O4. The number of rotatable bonds is 7. The number of hydrogen-bond donors (Lipinski definition) is 0. The minimum Gasteiger partial charge on any atom is -0.496 e. The van der Waals surface area contributed by atoms with Crippen LogP contribution in [-0.2, 0) is 0 Å². The zero-order valence-electron chi connectivity index (χ0n) is 17.4.